The highest BCUT2D eigenvalue weighted by atomic mass is 16.4. The molecule has 4 atom stereocenters. The molecule has 2 bridgehead atoms. The monoisotopic (exact) mass is 433 g/mol. The highest BCUT2D eigenvalue weighted by Crippen LogP contribution is 2.50. The molecule has 0 radical (unpaired) electrons. The number of aromatic nitrogens is 1. The van der Waals surface area contributed by atoms with E-state index in [-0.39, 0.29) is 5.75 Å². The number of benzene rings is 1. The van der Waals surface area contributed by atoms with E-state index in [1.807, 2.05) is 44.3 Å². The second kappa shape index (κ2) is 10.6. The number of aromatic hydroxyl groups is 1. The van der Waals surface area contributed by atoms with Gasteiger partial charge in [0.2, 0.25) is 0 Å². The summed E-state index contributed by atoms with van der Waals surface area (Å²) < 4.78 is 0. The van der Waals surface area contributed by atoms with Crippen LogP contribution in [0.2, 0.25) is 0 Å². The minimum Gasteiger partial charge on any atom is -0.508 e. The van der Waals surface area contributed by atoms with Crippen molar-refractivity contribution in [3.05, 3.63) is 71.1 Å². The molecule has 4 heteroatoms. The lowest BCUT2D eigenvalue weighted by Crippen LogP contribution is -2.32. The first kappa shape index (κ1) is 23.8. The molecule has 2 aliphatic carbocycles. The number of fused-ring (bicyclic) bond motifs is 2. The van der Waals surface area contributed by atoms with Crippen LogP contribution in [-0.2, 0) is 4.79 Å². The Morgan fingerprint density at radius 1 is 0.969 bits per heavy atom. The predicted molar refractivity (Wildman–Crippen MR) is 130 cm³/mol. The molecule has 2 aromatic rings. The summed E-state index contributed by atoms with van der Waals surface area (Å²) in [7, 11) is 0. The zero-order valence-electron chi connectivity index (χ0n) is 19.6. The summed E-state index contributed by atoms with van der Waals surface area (Å²) in [6, 6.07) is 11.4. The van der Waals surface area contributed by atoms with Gasteiger partial charge in [0.05, 0.1) is 5.69 Å². The lowest BCUT2D eigenvalue weighted by atomic mass is 9.61. The number of carbonyl (C=O) groups is 1. The normalized spacial score (nSPS) is 26.2. The summed E-state index contributed by atoms with van der Waals surface area (Å²) in [5, 5.41) is 18.7. The van der Waals surface area contributed by atoms with E-state index in [0.29, 0.717) is 17.5 Å². The summed E-state index contributed by atoms with van der Waals surface area (Å²) in [5.41, 5.74) is 5.51. The number of carboxylic acids is 1. The first-order chi connectivity index (χ1) is 15.4. The number of rotatable bonds is 4. The van der Waals surface area contributed by atoms with E-state index in [9.17, 15) is 9.90 Å². The third kappa shape index (κ3) is 5.48. The second-order valence-electron chi connectivity index (χ2n) is 9.03. The molecule has 1 aromatic carbocycles. The van der Waals surface area contributed by atoms with Gasteiger partial charge in [-0.05, 0) is 84.8 Å². The van der Waals surface area contributed by atoms with Gasteiger partial charge in [0.15, 0.2) is 0 Å². The van der Waals surface area contributed by atoms with Gasteiger partial charge in [0.1, 0.15) is 5.75 Å². The Morgan fingerprint density at radius 2 is 1.66 bits per heavy atom. The molecule has 0 spiro atoms. The number of allylic oxidation sites excluding steroid dienone is 1. The van der Waals surface area contributed by atoms with Gasteiger partial charge in [0, 0.05) is 17.8 Å². The highest BCUT2D eigenvalue weighted by molar-refractivity contribution is 5.85. The van der Waals surface area contributed by atoms with Crippen LogP contribution in [0.1, 0.15) is 70.2 Å². The minimum atomic E-state index is -0.982. The highest BCUT2D eigenvalue weighted by Gasteiger charge is 2.38. The molecule has 4 rings (SSSR count). The third-order valence-corrected chi connectivity index (χ3v) is 6.61. The molecule has 32 heavy (non-hydrogen) atoms. The van der Waals surface area contributed by atoms with Gasteiger partial charge in [0.25, 0.3) is 0 Å². The number of aliphatic carboxylic acids is 1. The molecule has 4 unspecified atom stereocenters. The van der Waals surface area contributed by atoms with Crippen molar-refractivity contribution < 1.29 is 15.0 Å². The second-order valence-corrected chi connectivity index (χ2v) is 9.03. The summed E-state index contributed by atoms with van der Waals surface area (Å²) in [4.78, 5) is 15.3. The molecule has 4 nitrogen and oxygen atoms in total. The number of pyridine rings is 1. The molecule has 1 aromatic heterocycles. The fourth-order valence-corrected chi connectivity index (χ4v) is 5.61. The Balaban J connectivity index is 0.00000141. The fraction of sp³-hybridized carbons (Fsp3) is 0.429. The molecule has 0 aliphatic heterocycles. The van der Waals surface area contributed by atoms with E-state index in [1.54, 1.807) is 12.1 Å². The van der Waals surface area contributed by atoms with Crippen LogP contribution in [0.4, 0.5) is 0 Å². The van der Waals surface area contributed by atoms with Crippen molar-refractivity contribution in [3.8, 4) is 5.75 Å². The van der Waals surface area contributed by atoms with E-state index >= 15 is 0 Å². The molecular formula is C28H35NO3. The third-order valence-electron chi connectivity index (χ3n) is 6.61. The van der Waals surface area contributed by atoms with Gasteiger partial charge < -0.3 is 10.2 Å². The van der Waals surface area contributed by atoms with Crippen molar-refractivity contribution in [2.75, 3.05) is 0 Å². The quantitative estimate of drug-likeness (QED) is 0.520. The summed E-state index contributed by atoms with van der Waals surface area (Å²) in [5.74, 6) is 1.94. The van der Waals surface area contributed by atoms with E-state index in [2.05, 4.69) is 18.8 Å². The SMILES string of the molecule is CC.CC1CC2CC(C)/C(=C(/c3ccc(O)cc3)c3ccc(/C=C/C(=O)O)nc3)C(C1)C2. The lowest BCUT2D eigenvalue weighted by molar-refractivity contribution is -0.131. The first-order valence-electron chi connectivity index (χ1n) is 11.8. The maximum atomic E-state index is 10.8. The average Bonchev–Trinajstić information content (AvgIpc) is 2.77. The minimum absolute atomic E-state index is 0.262. The number of phenols is 1. The van der Waals surface area contributed by atoms with Gasteiger partial charge in [-0.3, -0.25) is 4.98 Å². The lowest BCUT2D eigenvalue weighted by Gasteiger charge is -2.44. The van der Waals surface area contributed by atoms with Gasteiger partial charge in [-0.1, -0.05) is 51.5 Å². The molecule has 2 N–H and O–H groups in total. The predicted octanol–water partition coefficient (Wildman–Crippen LogP) is 6.81. The van der Waals surface area contributed by atoms with Gasteiger partial charge in [-0.2, -0.15) is 0 Å². The van der Waals surface area contributed by atoms with Gasteiger partial charge in [-0.15, -0.1) is 0 Å². The fourth-order valence-electron chi connectivity index (χ4n) is 5.61. The van der Waals surface area contributed by atoms with Crippen molar-refractivity contribution in [2.45, 2.75) is 53.4 Å². The Hall–Kier alpha value is -2.88. The van der Waals surface area contributed by atoms with Crippen molar-refractivity contribution >= 4 is 17.6 Å². The largest absolute Gasteiger partial charge is 0.508 e. The van der Waals surface area contributed by atoms with E-state index in [0.717, 1.165) is 29.0 Å². The zero-order valence-corrected chi connectivity index (χ0v) is 19.6. The van der Waals surface area contributed by atoms with Gasteiger partial charge >= 0.3 is 5.97 Å². The van der Waals surface area contributed by atoms with Crippen LogP contribution in [0, 0.1) is 23.7 Å². The summed E-state index contributed by atoms with van der Waals surface area (Å²) in [6.07, 6.45) is 9.52. The van der Waals surface area contributed by atoms with Crippen LogP contribution < -0.4 is 0 Å². The molecule has 2 aliphatic rings. The number of hydrogen-bond acceptors (Lipinski definition) is 3. The maximum absolute atomic E-state index is 10.8. The maximum Gasteiger partial charge on any atom is 0.328 e. The number of hydrogen-bond donors (Lipinski definition) is 2. The van der Waals surface area contributed by atoms with E-state index in [4.69, 9.17) is 5.11 Å². The Morgan fingerprint density at radius 3 is 2.28 bits per heavy atom. The number of nitrogens with zero attached hydrogens (tertiary/aromatic N) is 1. The Kier molecular flexibility index (Phi) is 7.89. The molecule has 1 heterocycles. The van der Waals surface area contributed by atoms with Gasteiger partial charge in [-0.25, -0.2) is 4.79 Å². The van der Waals surface area contributed by atoms with Crippen LogP contribution in [-0.4, -0.2) is 21.2 Å². The Bertz CT molecular complexity index is 969. The smallest absolute Gasteiger partial charge is 0.328 e. The van der Waals surface area contributed by atoms with Crippen molar-refractivity contribution in [2.24, 2.45) is 23.7 Å². The van der Waals surface area contributed by atoms with Crippen LogP contribution >= 0.6 is 0 Å². The average molecular weight is 434 g/mol. The zero-order chi connectivity index (χ0) is 23.3. The van der Waals surface area contributed by atoms with Crippen LogP contribution in [0.5, 0.6) is 5.75 Å². The summed E-state index contributed by atoms with van der Waals surface area (Å²) in [6.45, 7) is 8.72. The summed E-state index contributed by atoms with van der Waals surface area (Å²) >= 11 is 0. The van der Waals surface area contributed by atoms with Crippen molar-refractivity contribution in [1.82, 2.24) is 4.98 Å². The molecule has 170 valence electrons. The number of carboxylic acid groups (broad SMARTS) is 1. The molecule has 2 saturated carbocycles. The van der Waals surface area contributed by atoms with Crippen LogP contribution in [0.25, 0.3) is 11.6 Å². The van der Waals surface area contributed by atoms with Crippen molar-refractivity contribution in [1.29, 1.82) is 0 Å². The first-order valence-corrected chi connectivity index (χ1v) is 11.8. The molecule has 2 fully saturated rings. The molecular weight excluding hydrogens is 398 g/mol. The standard InChI is InChI=1S/C26H29NO3.C2H6/c1-16-11-18-13-17(2)25(21(12-16)14-18)26(19-4-8-23(28)9-5-19)20-3-6-22(27-15-20)7-10-24(29)30;1-2/h3-10,15-18,21,28H,11-14H2,1-2H3,(H,29,30);1-2H3/b10-7+,26-25+;. The van der Waals surface area contributed by atoms with E-state index < -0.39 is 5.97 Å². The topological polar surface area (TPSA) is 70.4 Å². The van der Waals surface area contributed by atoms with Crippen LogP contribution in [0.15, 0.2) is 54.2 Å². The Labute approximate surface area is 191 Å². The van der Waals surface area contributed by atoms with Crippen molar-refractivity contribution in [3.63, 3.8) is 0 Å². The molecule has 0 amide bonds. The van der Waals surface area contributed by atoms with Crippen LogP contribution in [0.3, 0.4) is 0 Å². The number of phenolic OH excluding ortho intramolecular Hbond substituents is 1. The molecule has 0 saturated heterocycles. The van der Waals surface area contributed by atoms with E-state index in [1.165, 1.54) is 42.9 Å².